The Bertz CT molecular complexity index is 1460. The minimum Gasteiger partial charge on any atom is -0.493 e. The van der Waals surface area contributed by atoms with Gasteiger partial charge in [-0.15, -0.1) is 0 Å². The van der Waals surface area contributed by atoms with Gasteiger partial charge in [-0.25, -0.2) is 9.37 Å². The van der Waals surface area contributed by atoms with Gasteiger partial charge in [-0.2, -0.15) is 13.2 Å². The van der Waals surface area contributed by atoms with Crippen molar-refractivity contribution in [1.82, 2.24) is 10.3 Å². The Kier molecular flexibility index (Phi) is 7.33. The Morgan fingerprint density at radius 2 is 1.88 bits per heavy atom. The number of carbonyl (C=O) groups is 1. The fourth-order valence-electron chi connectivity index (χ4n) is 4.46. The lowest BCUT2D eigenvalue weighted by atomic mass is 9.88. The molecule has 2 aliphatic rings. The molecule has 2 heterocycles. The summed E-state index contributed by atoms with van der Waals surface area (Å²) in [4.78, 5) is 17.3. The highest BCUT2D eigenvalue weighted by atomic mass is 19.4. The van der Waals surface area contributed by atoms with Crippen molar-refractivity contribution >= 4 is 5.91 Å². The number of nitrogens with two attached hydrogens (primary N) is 1. The predicted octanol–water partition coefficient (Wildman–Crippen LogP) is 4.30. The summed E-state index contributed by atoms with van der Waals surface area (Å²) in [5.74, 6) is -0.0992. The average molecular weight is 576 g/mol. The molecular weight excluding hydrogens is 546 g/mol. The number of methoxy groups -OCH3 is 1. The van der Waals surface area contributed by atoms with Crippen molar-refractivity contribution in [3.05, 3.63) is 70.9 Å². The van der Waals surface area contributed by atoms with Crippen molar-refractivity contribution < 1.29 is 41.7 Å². The van der Waals surface area contributed by atoms with Crippen molar-refractivity contribution in [2.24, 2.45) is 5.73 Å². The smallest absolute Gasteiger partial charge is 0.414 e. The van der Waals surface area contributed by atoms with E-state index in [9.17, 15) is 27.5 Å². The van der Waals surface area contributed by atoms with Crippen LogP contribution in [0.25, 0.3) is 11.3 Å². The van der Waals surface area contributed by atoms with Crippen LogP contribution in [0.1, 0.15) is 40.0 Å². The summed E-state index contributed by atoms with van der Waals surface area (Å²) < 4.78 is 73.2. The second-order valence-corrected chi connectivity index (χ2v) is 10.4. The summed E-state index contributed by atoms with van der Waals surface area (Å²) in [7, 11) is 1.42. The van der Waals surface area contributed by atoms with Gasteiger partial charge in [0.1, 0.15) is 19.0 Å². The van der Waals surface area contributed by atoms with E-state index < -0.39 is 54.3 Å². The van der Waals surface area contributed by atoms with Crippen LogP contribution < -0.4 is 25.3 Å². The number of fused-ring (bicyclic) bond motifs is 1. The summed E-state index contributed by atoms with van der Waals surface area (Å²) in [6.07, 6.45) is -2.97. The van der Waals surface area contributed by atoms with E-state index >= 15 is 0 Å². The summed E-state index contributed by atoms with van der Waals surface area (Å²) in [5, 5.41) is 13.7. The Morgan fingerprint density at radius 1 is 1.17 bits per heavy atom. The zero-order valence-electron chi connectivity index (χ0n) is 22.3. The van der Waals surface area contributed by atoms with Crippen LogP contribution in [-0.2, 0) is 11.1 Å². The van der Waals surface area contributed by atoms with E-state index in [-0.39, 0.29) is 23.1 Å². The molecular formula is C29H29F4N3O5. The fourth-order valence-corrected chi connectivity index (χ4v) is 4.46. The predicted molar refractivity (Wildman–Crippen MR) is 141 cm³/mol. The quantitative estimate of drug-likeness (QED) is 0.326. The molecule has 0 saturated heterocycles. The minimum absolute atomic E-state index is 0.0386. The van der Waals surface area contributed by atoms with Gasteiger partial charge in [0.2, 0.25) is 0 Å². The SMILES string of the molecule is COc1cc(C(=O)NCC(O)(CF)c2cc3c(c(-c4ccc(C)cc4)n2)OC[C@@]3(N)C(F)(F)F)ccc1OC1CC1. The number of aromatic nitrogens is 1. The number of ether oxygens (including phenoxy) is 3. The van der Waals surface area contributed by atoms with Crippen molar-refractivity contribution in [3.63, 3.8) is 0 Å². The van der Waals surface area contributed by atoms with E-state index in [1.165, 1.54) is 19.2 Å². The van der Waals surface area contributed by atoms with Crippen LogP contribution in [0.4, 0.5) is 17.6 Å². The Hall–Kier alpha value is -3.90. The monoisotopic (exact) mass is 575 g/mol. The summed E-state index contributed by atoms with van der Waals surface area (Å²) in [5.41, 5.74) is 0.837. The molecule has 4 N–H and O–H groups in total. The largest absolute Gasteiger partial charge is 0.493 e. The van der Waals surface area contributed by atoms with E-state index in [1.54, 1.807) is 30.3 Å². The number of amides is 1. The third-order valence-corrected chi connectivity index (χ3v) is 7.21. The first-order valence-corrected chi connectivity index (χ1v) is 12.9. The van der Waals surface area contributed by atoms with Gasteiger partial charge >= 0.3 is 6.18 Å². The second-order valence-electron chi connectivity index (χ2n) is 10.4. The van der Waals surface area contributed by atoms with E-state index in [2.05, 4.69) is 10.3 Å². The van der Waals surface area contributed by atoms with Gasteiger partial charge < -0.3 is 30.4 Å². The van der Waals surface area contributed by atoms with Crippen LogP contribution >= 0.6 is 0 Å². The van der Waals surface area contributed by atoms with E-state index in [4.69, 9.17) is 19.9 Å². The number of pyridine rings is 1. The zero-order chi connectivity index (χ0) is 29.6. The molecule has 218 valence electrons. The number of halogens is 4. The number of rotatable bonds is 9. The van der Waals surface area contributed by atoms with Crippen LogP contribution in [-0.4, -0.2) is 55.2 Å². The topological polar surface area (TPSA) is 116 Å². The molecule has 1 aromatic heterocycles. The first-order valence-electron chi connectivity index (χ1n) is 12.9. The summed E-state index contributed by atoms with van der Waals surface area (Å²) >= 11 is 0. The maximum Gasteiger partial charge on any atom is 0.414 e. The molecule has 1 unspecified atom stereocenters. The van der Waals surface area contributed by atoms with Gasteiger partial charge in [0, 0.05) is 16.7 Å². The number of carbonyl (C=O) groups excluding carboxylic acids is 1. The van der Waals surface area contributed by atoms with Crippen molar-refractivity contribution in [3.8, 4) is 28.5 Å². The molecule has 12 heteroatoms. The molecule has 1 fully saturated rings. The van der Waals surface area contributed by atoms with Crippen molar-refractivity contribution in [2.75, 3.05) is 26.9 Å². The molecule has 3 aromatic rings. The molecule has 0 radical (unpaired) electrons. The lowest BCUT2D eigenvalue weighted by Gasteiger charge is -2.29. The first-order chi connectivity index (χ1) is 19.4. The zero-order valence-corrected chi connectivity index (χ0v) is 22.3. The van der Waals surface area contributed by atoms with Crippen LogP contribution in [0.3, 0.4) is 0 Å². The number of nitrogens with one attached hydrogen (secondary N) is 1. The lowest BCUT2D eigenvalue weighted by molar-refractivity contribution is -0.191. The maximum atomic E-state index is 14.5. The molecule has 2 aromatic carbocycles. The number of aryl methyl sites for hydroxylation is 1. The third-order valence-electron chi connectivity index (χ3n) is 7.21. The Balaban J connectivity index is 1.48. The van der Waals surface area contributed by atoms with Crippen LogP contribution in [0, 0.1) is 6.92 Å². The van der Waals surface area contributed by atoms with E-state index in [0.717, 1.165) is 24.5 Å². The number of alkyl halides is 4. The van der Waals surface area contributed by atoms with Gasteiger partial charge in [-0.3, -0.25) is 4.79 Å². The number of hydrogen-bond donors (Lipinski definition) is 3. The molecule has 8 nitrogen and oxygen atoms in total. The molecule has 1 aliphatic heterocycles. The number of hydrogen-bond acceptors (Lipinski definition) is 7. The van der Waals surface area contributed by atoms with Crippen molar-refractivity contribution in [1.29, 1.82) is 0 Å². The summed E-state index contributed by atoms with van der Waals surface area (Å²) in [6.45, 7) is -1.25. The van der Waals surface area contributed by atoms with Gasteiger partial charge in [0.15, 0.2) is 28.4 Å². The first kappa shape index (κ1) is 28.6. The number of aliphatic hydroxyl groups is 1. The van der Waals surface area contributed by atoms with Gasteiger partial charge in [0.05, 0.1) is 25.5 Å². The van der Waals surface area contributed by atoms with Crippen molar-refractivity contribution in [2.45, 2.75) is 43.2 Å². The molecule has 0 spiro atoms. The van der Waals surface area contributed by atoms with Crippen LogP contribution in [0.2, 0.25) is 0 Å². The molecule has 1 aliphatic carbocycles. The standard InChI is InChI=1S/C29H29F4N3O5/c1-16-3-5-17(6-4-16)24-25-20(28(34,15-40-25)29(31,32)33)12-23(36-24)27(38,13-30)14-35-26(37)18-7-10-21(22(11-18)39-2)41-19-8-9-19/h3-7,10-12,19,38H,8-9,13-15,34H2,1-2H3,(H,35,37)/t27?,28-/m0/s1. The highest BCUT2D eigenvalue weighted by molar-refractivity contribution is 5.95. The van der Waals surface area contributed by atoms with E-state index in [1.807, 2.05) is 6.92 Å². The van der Waals surface area contributed by atoms with E-state index in [0.29, 0.717) is 17.1 Å². The molecule has 41 heavy (non-hydrogen) atoms. The normalized spacial score (nSPS) is 19.6. The van der Waals surface area contributed by atoms with Crippen LogP contribution in [0.5, 0.6) is 17.2 Å². The molecule has 0 bridgehead atoms. The molecule has 1 saturated carbocycles. The lowest BCUT2D eigenvalue weighted by Crippen LogP contribution is -2.52. The minimum atomic E-state index is -4.92. The summed E-state index contributed by atoms with van der Waals surface area (Å²) in [6, 6.07) is 12.1. The highest BCUT2D eigenvalue weighted by Crippen LogP contribution is 2.49. The fraction of sp³-hybridized carbons (Fsp3) is 0.379. The van der Waals surface area contributed by atoms with Gasteiger partial charge in [-0.05, 0) is 44.0 Å². The van der Waals surface area contributed by atoms with Gasteiger partial charge in [-0.1, -0.05) is 29.8 Å². The number of nitrogens with zero attached hydrogens (tertiary/aromatic N) is 1. The molecule has 5 rings (SSSR count). The Morgan fingerprint density at radius 3 is 2.49 bits per heavy atom. The third kappa shape index (κ3) is 5.41. The number of benzene rings is 2. The second kappa shape index (κ2) is 10.5. The van der Waals surface area contributed by atoms with Gasteiger partial charge in [0.25, 0.3) is 5.91 Å². The van der Waals surface area contributed by atoms with Crippen LogP contribution in [0.15, 0.2) is 48.5 Å². The average Bonchev–Trinajstić information content (AvgIpc) is 3.71. The molecule has 2 atom stereocenters. The molecule has 1 amide bonds. The highest BCUT2D eigenvalue weighted by Gasteiger charge is 2.59. The maximum absolute atomic E-state index is 14.5. The Labute approximate surface area is 233 Å².